The van der Waals surface area contributed by atoms with Gasteiger partial charge in [0, 0.05) is 0 Å². The van der Waals surface area contributed by atoms with Gasteiger partial charge in [0.15, 0.2) is 24.4 Å². The molecule has 0 aliphatic rings. The van der Waals surface area contributed by atoms with E-state index in [0.717, 1.165) is 0 Å². The zero-order valence-electron chi connectivity index (χ0n) is 7.50. The molecule has 7 nitrogen and oxygen atoms in total. The number of hydrogen-bond acceptors (Lipinski definition) is 7. The molecule has 0 aliphatic carbocycles. The van der Waals surface area contributed by atoms with Crippen LogP contribution in [0.4, 0.5) is 0 Å². The van der Waals surface area contributed by atoms with E-state index < -0.39 is 11.6 Å². The molecule has 0 aliphatic heterocycles. The lowest BCUT2D eigenvalue weighted by Gasteiger charge is -2.01. The van der Waals surface area contributed by atoms with Gasteiger partial charge in [-0.25, -0.2) is 0 Å². The summed E-state index contributed by atoms with van der Waals surface area (Å²) in [4.78, 5) is 29.1. The molecule has 82 valence electrons. The molecule has 0 fully saturated rings. The molecule has 0 rings (SSSR count). The molecule has 0 aromatic rings. The molecule has 0 atom stereocenters. The van der Waals surface area contributed by atoms with Crippen LogP contribution in [0.3, 0.4) is 0 Å². The van der Waals surface area contributed by atoms with Crippen LogP contribution >= 0.6 is 0 Å². The fourth-order valence-electron chi connectivity index (χ4n) is 0.141. The summed E-state index contributed by atoms with van der Waals surface area (Å²) in [6.07, 6.45) is 0.271. The standard InChI is InChI=1S/C4H5NO3.C3H9NO2/c5-4(1-6,2-7)3-8;4-3(1-5)2-6/h1-3H,5H2;3,5-6H,1-2,4H2. The minimum Gasteiger partial charge on any atom is -0.395 e. The quantitative estimate of drug-likeness (QED) is 0.271. The van der Waals surface area contributed by atoms with Crippen molar-refractivity contribution in [1.29, 1.82) is 0 Å². The Bertz CT molecular complexity index is 159. The van der Waals surface area contributed by atoms with Gasteiger partial charge in [-0.1, -0.05) is 0 Å². The van der Waals surface area contributed by atoms with Gasteiger partial charge in [-0.15, -0.1) is 0 Å². The van der Waals surface area contributed by atoms with Crippen LogP contribution in [0.15, 0.2) is 0 Å². The maximum atomic E-state index is 9.70. The molecule has 7 heteroatoms. The van der Waals surface area contributed by atoms with Crippen molar-refractivity contribution in [1.82, 2.24) is 0 Å². The van der Waals surface area contributed by atoms with Gasteiger partial charge in [-0.2, -0.15) is 0 Å². The summed E-state index contributed by atoms with van der Waals surface area (Å²) in [6.45, 7) is -0.285. The molecule has 0 unspecified atom stereocenters. The summed E-state index contributed by atoms with van der Waals surface area (Å²) in [7, 11) is 0. The Hall–Kier alpha value is -1.15. The first-order valence-electron chi connectivity index (χ1n) is 3.64. The lowest BCUT2D eigenvalue weighted by molar-refractivity contribution is -0.126. The second-order valence-corrected chi connectivity index (χ2v) is 2.48. The van der Waals surface area contributed by atoms with Crippen LogP contribution in [0.1, 0.15) is 0 Å². The summed E-state index contributed by atoms with van der Waals surface area (Å²) in [5, 5.41) is 16.1. The van der Waals surface area contributed by atoms with Crippen molar-refractivity contribution in [3.8, 4) is 0 Å². The SMILES string of the molecule is NC(C=O)(C=O)C=O.NC(CO)CO. The summed E-state index contributed by atoms with van der Waals surface area (Å²) < 4.78 is 0. The average Bonchev–Trinajstić information content (AvgIpc) is 2.27. The van der Waals surface area contributed by atoms with Crippen molar-refractivity contribution < 1.29 is 24.6 Å². The van der Waals surface area contributed by atoms with E-state index in [1.54, 1.807) is 0 Å². The Morgan fingerprint density at radius 3 is 1.36 bits per heavy atom. The Kier molecular flexibility index (Phi) is 9.25. The Morgan fingerprint density at radius 1 is 1.07 bits per heavy atom. The number of carbonyl (C=O) groups excluding carboxylic acids is 3. The van der Waals surface area contributed by atoms with Gasteiger partial charge < -0.3 is 36.1 Å². The van der Waals surface area contributed by atoms with Gasteiger partial charge in [0.1, 0.15) is 0 Å². The topological polar surface area (TPSA) is 144 Å². The highest BCUT2D eigenvalue weighted by Gasteiger charge is 2.21. The Labute approximate surface area is 80.7 Å². The number of aldehydes is 3. The van der Waals surface area contributed by atoms with Crippen LogP contribution < -0.4 is 11.5 Å². The molecule has 0 heterocycles. The van der Waals surface area contributed by atoms with Gasteiger partial charge in [-0.3, -0.25) is 0 Å². The van der Waals surface area contributed by atoms with E-state index >= 15 is 0 Å². The van der Waals surface area contributed by atoms with Crippen LogP contribution in [0.5, 0.6) is 0 Å². The molecular weight excluding hydrogens is 192 g/mol. The fourth-order valence-corrected chi connectivity index (χ4v) is 0.141. The molecule has 0 saturated carbocycles. The lowest BCUT2D eigenvalue weighted by Crippen LogP contribution is -2.44. The first-order valence-corrected chi connectivity index (χ1v) is 3.64. The number of rotatable bonds is 5. The van der Waals surface area contributed by atoms with E-state index in [4.69, 9.17) is 21.7 Å². The largest absolute Gasteiger partial charge is 0.395 e. The van der Waals surface area contributed by atoms with Crippen molar-refractivity contribution in [2.45, 2.75) is 11.6 Å². The van der Waals surface area contributed by atoms with Gasteiger partial charge in [-0.05, 0) is 0 Å². The third-order valence-electron chi connectivity index (χ3n) is 1.08. The Balaban J connectivity index is 0. The van der Waals surface area contributed by atoms with Crippen molar-refractivity contribution in [3.63, 3.8) is 0 Å². The molecule has 0 amide bonds. The van der Waals surface area contributed by atoms with Crippen molar-refractivity contribution in [2.75, 3.05) is 13.2 Å². The monoisotopic (exact) mass is 206 g/mol. The highest BCUT2D eigenvalue weighted by Crippen LogP contribution is 1.80. The van der Waals surface area contributed by atoms with Gasteiger partial charge in [0.05, 0.1) is 19.3 Å². The summed E-state index contributed by atoms with van der Waals surface area (Å²) in [5.41, 5.74) is 7.85. The second-order valence-electron chi connectivity index (χ2n) is 2.48. The van der Waals surface area contributed by atoms with E-state index in [1.807, 2.05) is 0 Å². The molecule has 0 aromatic heterocycles. The molecule has 0 saturated heterocycles. The van der Waals surface area contributed by atoms with E-state index in [-0.39, 0.29) is 32.1 Å². The number of nitrogens with two attached hydrogens (primary N) is 2. The van der Waals surface area contributed by atoms with E-state index in [9.17, 15) is 14.4 Å². The average molecular weight is 206 g/mol. The van der Waals surface area contributed by atoms with Crippen LogP contribution in [0.2, 0.25) is 0 Å². The second kappa shape index (κ2) is 8.45. The van der Waals surface area contributed by atoms with Crippen molar-refractivity contribution in [3.05, 3.63) is 0 Å². The Morgan fingerprint density at radius 2 is 1.36 bits per heavy atom. The van der Waals surface area contributed by atoms with Gasteiger partial charge in [0.25, 0.3) is 0 Å². The lowest BCUT2D eigenvalue weighted by atomic mass is 10.1. The molecule has 14 heavy (non-hydrogen) atoms. The zero-order valence-corrected chi connectivity index (χ0v) is 7.50. The van der Waals surface area contributed by atoms with E-state index in [1.165, 1.54) is 0 Å². The molecule has 6 N–H and O–H groups in total. The predicted molar refractivity (Wildman–Crippen MR) is 47.3 cm³/mol. The highest BCUT2D eigenvalue weighted by molar-refractivity contribution is 6.07. The van der Waals surface area contributed by atoms with E-state index in [0.29, 0.717) is 0 Å². The minimum atomic E-state index is -1.92. The van der Waals surface area contributed by atoms with Crippen LogP contribution in [0.25, 0.3) is 0 Å². The number of hydrogen-bond donors (Lipinski definition) is 4. The maximum absolute atomic E-state index is 9.70. The minimum absolute atomic E-state index is 0.0903. The molecule has 0 bridgehead atoms. The number of carbonyl (C=O) groups is 3. The normalized spacial score (nSPS) is 10.1. The third kappa shape index (κ3) is 7.50. The maximum Gasteiger partial charge on any atom is 0.184 e. The fraction of sp³-hybridized carbons (Fsp3) is 0.571. The summed E-state index contributed by atoms with van der Waals surface area (Å²) >= 11 is 0. The smallest absolute Gasteiger partial charge is 0.184 e. The van der Waals surface area contributed by atoms with Gasteiger partial charge >= 0.3 is 0 Å². The third-order valence-corrected chi connectivity index (χ3v) is 1.08. The number of aliphatic hydroxyl groups excluding tert-OH is 2. The molecule has 0 aromatic carbocycles. The molecule has 0 spiro atoms. The van der Waals surface area contributed by atoms with Crippen LogP contribution in [0, 0.1) is 0 Å². The number of aliphatic hydroxyl groups is 2. The van der Waals surface area contributed by atoms with Crippen molar-refractivity contribution >= 4 is 18.9 Å². The molecule has 0 radical (unpaired) electrons. The van der Waals surface area contributed by atoms with Gasteiger partial charge in [0.2, 0.25) is 0 Å². The first kappa shape index (κ1) is 15.3. The first-order chi connectivity index (χ1) is 6.49. The van der Waals surface area contributed by atoms with Crippen molar-refractivity contribution in [2.24, 2.45) is 11.5 Å². The predicted octanol–water partition coefficient (Wildman–Crippen LogP) is -3.42. The van der Waals surface area contributed by atoms with E-state index in [2.05, 4.69) is 0 Å². The summed E-state index contributed by atoms with van der Waals surface area (Å²) in [6, 6.07) is -0.454. The summed E-state index contributed by atoms with van der Waals surface area (Å²) in [5.74, 6) is 0. The molecular formula is C7H14N2O5. The zero-order chi connectivity index (χ0) is 11.6. The highest BCUT2D eigenvalue weighted by atomic mass is 16.3. The van der Waals surface area contributed by atoms with Crippen LogP contribution in [-0.2, 0) is 14.4 Å². The van der Waals surface area contributed by atoms with Crippen LogP contribution in [-0.4, -0.2) is 53.9 Å².